The molecule has 0 spiro atoms. The molecule has 5 nitrogen and oxygen atoms in total. The molecule has 0 saturated carbocycles. The summed E-state index contributed by atoms with van der Waals surface area (Å²) in [6.07, 6.45) is 6.03. The van der Waals surface area contributed by atoms with Crippen LogP contribution in [0, 0.1) is 18.5 Å². The SMILES string of the molecule is [2H]c1c([2H])c([2H])c(-c2cccc(-c3cc(C(C)(C)C)cc(C(C)(C)C)c3)c2-[n+]2[c-]n(-c3[c-]c(Oc4[c-]c5c(cc4)c4c([2H])c([2H])c([2H])c([2H])c4n5-c4cc(CC(C)(C)c5ccccc5)ccn4)ccc3)c3ccccc32)c([2H])c1[2H].[Pt]. The molecule has 11 aromatic rings. The second-order valence-electron chi connectivity index (χ2n) is 20.9. The smallest absolute Gasteiger partial charge is 0.268 e. The number of pyridine rings is 1. The molecule has 0 saturated heterocycles. The third-order valence-corrected chi connectivity index (χ3v) is 13.3. The van der Waals surface area contributed by atoms with Gasteiger partial charge in [-0.25, -0.2) is 4.98 Å². The van der Waals surface area contributed by atoms with Crippen molar-refractivity contribution in [3.63, 3.8) is 0 Å². The molecule has 72 heavy (non-hydrogen) atoms. The number of hydrogen-bond donors (Lipinski definition) is 0. The summed E-state index contributed by atoms with van der Waals surface area (Å²) >= 11 is 0. The first-order chi connectivity index (χ1) is 37.9. The Morgan fingerprint density at radius 1 is 0.583 bits per heavy atom. The van der Waals surface area contributed by atoms with Gasteiger partial charge in [-0.1, -0.05) is 200 Å². The van der Waals surface area contributed by atoms with Crippen molar-refractivity contribution in [3.05, 3.63) is 235 Å². The topological polar surface area (TPSA) is 35.9 Å². The van der Waals surface area contributed by atoms with E-state index in [1.807, 2.05) is 88.0 Å². The summed E-state index contributed by atoms with van der Waals surface area (Å²) in [6.45, 7) is 17.5. The van der Waals surface area contributed by atoms with Crippen molar-refractivity contribution in [1.82, 2.24) is 14.1 Å². The second kappa shape index (κ2) is 19.0. The van der Waals surface area contributed by atoms with E-state index in [1.165, 1.54) is 5.56 Å². The largest absolute Gasteiger partial charge is 0.510 e. The molecule has 6 heteroatoms. The van der Waals surface area contributed by atoms with Crippen LogP contribution in [0.5, 0.6) is 11.5 Å². The molecule has 0 amide bonds. The summed E-state index contributed by atoms with van der Waals surface area (Å²) in [5.74, 6) is 1.10. The molecule has 0 atom stereocenters. The van der Waals surface area contributed by atoms with Crippen molar-refractivity contribution in [2.45, 2.75) is 78.1 Å². The van der Waals surface area contributed by atoms with E-state index in [2.05, 4.69) is 104 Å². The van der Waals surface area contributed by atoms with Gasteiger partial charge in [-0.3, -0.25) is 4.57 Å². The average Bonchev–Trinajstić information content (AvgIpc) is 4.00. The molecule has 0 aliphatic carbocycles. The molecule has 3 heterocycles. The molecule has 0 radical (unpaired) electrons. The summed E-state index contributed by atoms with van der Waals surface area (Å²) in [7, 11) is 0. The van der Waals surface area contributed by atoms with Crippen LogP contribution >= 0.6 is 0 Å². The number of hydrogen-bond acceptors (Lipinski definition) is 2. The quantitative estimate of drug-likeness (QED) is 0.101. The van der Waals surface area contributed by atoms with E-state index in [-0.39, 0.29) is 84.6 Å². The summed E-state index contributed by atoms with van der Waals surface area (Å²) in [5, 5.41) is 0.894. The first kappa shape index (κ1) is 38.4. The average molecular weight is 1130 g/mol. The number of ether oxygens (including phenoxy) is 1. The van der Waals surface area contributed by atoms with E-state index in [4.69, 9.17) is 17.9 Å². The van der Waals surface area contributed by atoms with Crippen LogP contribution in [0.2, 0.25) is 0 Å². The van der Waals surface area contributed by atoms with Crippen molar-refractivity contribution in [2.75, 3.05) is 0 Å². The molecule has 360 valence electrons. The number of nitrogens with zero attached hydrogens (tertiary/aromatic N) is 4. The fourth-order valence-electron chi connectivity index (χ4n) is 9.51. The number of para-hydroxylation sites is 4. The van der Waals surface area contributed by atoms with E-state index < -0.39 is 18.1 Å². The van der Waals surface area contributed by atoms with Gasteiger partial charge in [-0.2, -0.15) is 18.2 Å². The van der Waals surface area contributed by atoms with Crippen molar-refractivity contribution in [2.24, 2.45) is 0 Å². The van der Waals surface area contributed by atoms with Crippen LogP contribution in [0.25, 0.3) is 72.3 Å². The van der Waals surface area contributed by atoms with E-state index in [1.54, 1.807) is 35.0 Å². The van der Waals surface area contributed by atoms with Crippen LogP contribution in [-0.4, -0.2) is 14.1 Å². The van der Waals surface area contributed by atoms with Crippen molar-refractivity contribution >= 4 is 32.8 Å². The van der Waals surface area contributed by atoms with Crippen LogP contribution < -0.4 is 9.30 Å². The zero-order valence-corrected chi connectivity index (χ0v) is 43.8. The maximum atomic E-state index is 9.23. The van der Waals surface area contributed by atoms with Crippen molar-refractivity contribution in [3.8, 4) is 50.9 Å². The van der Waals surface area contributed by atoms with E-state index in [9.17, 15) is 4.11 Å². The van der Waals surface area contributed by atoms with Crippen LogP contribution in [-0.2, 0) is 43.7 Å². The van der Waals surface area contributed by atoms with Crippen LogP contribution in [0.4, 0.5) is 0 Å². The van der Waals surface area contributed by atoms with Gasteiger partial charge in [0.1, 0.15) is 5.82 Å². The summed E-state index contributed by atoms with van der Waals surface area (Å²) in [4.78, 5) is 4.80. The first-order valence-corrected chi connectivity index (χ1v) is 23.9. The van der Waals surface area contributed by atoms with Crippen LogP contribution in [0.3, 0.4) is 0 Å². The third kappa shape index (κ3) is 9.23. The number of fused-ring (bicyclic) bond motifs is 4. The standard InChI is InChI=1S/C66H58N4O.Pt/c1-64(2,3)49-38-47(39-50(40-49)65(4,5)6)55-29-20-28-54(46-21-11-9-12-22-46)63(55)69-44-68(59-31-17-18-32-60(59)69)51-25-19-26-52(41-51)71-53-33-34-57-56-27-15-16-30-58(56)70(61(57)42-53)62-37-45(35-36-67-62)43-66(7,8)48-23-13-10-14-24-48;/h9-40H,43H2,1-8H3;/q-2;/i9D,11D,12D,15D,16D,21D,22D,27D,30D;. The van der Waals surface area contributed by atoms with Gasteiger partial charge in [0, 0.05) is 44.3 Å². The van der Waals surface area contributed by atoms with Crippen LogP contribution in [0.15, 0.2) is 194 Å². The maximum absolute atomic E-state index is 9.23. The van der Waals surface area contributed by atoms with Crippen molar-refractivity contribution in [1.29, 1.82) is 0 Å². The Hall–Kier alpha value is -7.33. The zero-order chi connectivity index (χ0) is 56.9. The van der Waals surface area contributed by atoms with Gasteiger partial charge in [0.2, 0.25) is 0 Å². The second-order valence-corrected chi connectivity index (χ2v) is 20.9. The molecular formula is C66H58N4OPt-2. The van der Waals surface area contributed by atoms with Gasteiger partial charge in [-0.15, -0.1) is 29.7 Å². The Balaban J connectivity index is 0.00000736. The molecule has 0 fully saturated rings. The van der Waals surface area contributed by atoms with Gasteiger partial charge in [-0.05, 0) is 96.4 Å². The minimum Gasteiger partial charge on any atom is -0.510 e. The molecule has 0 bridgehead atoms. The van der Waals surface area contributed by atoms with Gasteiger partial charge in [0.15, 0.2) is 0 Å². The first-order valence-electron chi connectivity index (χ1n) is 28.4. The van der Waals surface area contributed by atoms with Crippen molar-refractivity contribution < 1.29 is 42.7 Å². The van der Waals surface area contributed by atoms with E-state index in [0.29, 0.717) is 57.0 Å². The van der Waals surface area contributed by atoms with E-state index in [0.717, 1.165) is 38.9 Å². The minimum atomic E-state index is -0.474. The van der Waals surface area contributed by atoms with Gasteiger partial charge in [0.05, 0.1) is 29.1 Å². The molecule has 0 N–H and O–H groups in total. The predicted octanol–water partition coefficient (Wildman–Crippen LogP) is 16.0. The summed E-state index contributed by atoms with van der Waals surface area (Å²) in [6, 6.07) is 47.2. The van der Waals surface area contributed by atoms with Crippen LogP contribution in [0.1, 0.15) is 90.0 Å². The molecule has 3 aromatic heterocycles. The molecule has 0 aliphatic heterocycles. The minimum absolute atomic E-state index is 0. The van der Waals surface area contributed by atoms with Gasteiger partial charge < -0.3 is 13.9 Å². The maximum Gasteiger partial charge on any atom is 0.268 e. The number of benzene rings is 8. The number of rotatable bonds is 10. The molecule has 11 rings (SSSR count). The molecule has 8 aromatic carbocycles. The van der Waals surface area contributed by atoms with Gasteiger partial charge in [0.25, 0.3) is 6.33 Å². The third-order valence-electron chi connectivity index (χ3n) is 13.3. The zero-order valence-electron chi connectivity index (χ0n) is 50.5. The normalized spacial score (nSPS) is 13.9. The Labute approximate surface area is 451 Å². The summed E-state index contributed by atoms with van der Waals surface area (Å²) in [5.41, 5.74) is 9.21. The molecule has 0 unspecified atom stereocenters. The summed E-state index contributed by atoms with van der Waals surface area (Å²) < 4.78 is 92.2. The number of aromatic nitrogens is 4. The fourth-order valence-corrected chi connectivity index (χ4v) is 9.51. The molecule has 0 aliphatic rings. The monoisotopic (exact) mass is 1130 g/mol. The fraction of sp³-hybridized carbons (Fsp3) is 0.182. The Bertz CT molecular complexity index is 4250. The Morgan fingerprint density at radius 2 is 1.25 bits per heavy atom. The number of imidazole rings is 1. The van der Waals surface area contributed by atoms with Gasteiger partial charge >= 0.3 is 0 Å². The Morgan fingerprint density at radius 3 is 2.00 bits per heavy atom. The Kier molecular flexibility index (Phi) is 10.1. The predicted molar refractivity (Wildman–Crippen MR) is 291 cm³/mol. The van der Waals surface area contributed by atoms with E-state index >= 15 is 0 Å². The molecular weight excluding hydrogens is 1060 g/mol.